The molecule has 0 unspecified atom stereocenters. The predicted molar refractivity (Wildman–Crippen MR) is 72.3 cm³/mol. The first-order valence-electron chi connectivity index (χ1n) is 6.33. The Bertz CT molecular complexity index is 721. The van der Waals surface area contributed by atoms with E-state index in [0.717, 1.165) is 0 Å². The van der Waals surface area contributed by atoms with Gasteiger partial charge in [-0.3, -0.25) is 14.9 Å². The summed E-state index contributed by atoms with van der Waals surface area (Å²) in [6.07, 6.45) is 2.95. The minimum absolute atomic E-state index is 0.0977. The molecule has 0 N–H and O–H groups in total. The maximum Gasteiger partial charge on any atom is 0.335 e. The zero-order chi connectivity index (χ0) is 15.2. The van der Waals surface area contributed by atoms with E-state index >= 15 is 0 Å². The van der Waals surface area contributed by atoms with Crippen LogP contribution in [0.3, 0.4) is 0 Å². The molecule has 1 heterocycles. The molecule has 0 spiro atoms. The van der Waals surface area contributed by atoms with Crippen LogP contribution in [0, 0.1) is 16.0 Å². The number of carbonyl (C=O) groups excluding carboxylic acids is 2. The van der Waals surface area contributed by atoms with Crippen LogP contribution in [0.2, 0.25) is 0 Å². The molecule has 1 aromatic rings. The van der Waals surface area contributed by atoms with Crippen molar-refractivity contribution in [3.8, 4) is 0 Å². The van der Waals surface area contributed by atoms with Gasteiger partial charge in [0.1, 0.15) is 0 Å². The van der Waals surface area contributed by atoms with Crippen molar-refractivity contribution >= 4 is 17.4 Å². The number of non-ortho nitro benzene ring substituents is 1. The summed E-state index contributed by atoms with van der Waals surface area (Å²) < 4.78 is 5.43. The second-order valence-electron chi connectivity index (χ2n) is 5.07. The van der Waals surface area contributed by atoms with Crippen molar-refractivity contribution < 1.29 is 19.2 Å². The minimum atomic E-state index is -1.17. The zero-order valence-electron chi connectivity index (χ0n) is 10.9. The maximum absolute atomic E-state index is 11.8. The quantitative estimate of drug-likeness (QED) is 0.359. The number of allylic oxidation sites excluding steroid dienone is 1. The topological polar surface area (TPSA) is 86.5 Å². The fourth-order valence-corrected chi connectivity index (χ4v) is 2.82. The monoisotopic (exact) mass is 285 g/mol. The van der Waals surface area contributed by atoms with E-state index in [1.165, 1.54) is 30.4 Å². The number of nitrogens with zero attached hydrogens (tertiary/aromatic N) is 1. The van der Waals surface area contributed by atoms with Crippen LogP contribution in [0.1, 0.15) is 12.0 Å². The molecule has 0 aromatic heterocycles. The Morgan fingerprint density at radius 2 is 2.14 bits per heavy atom. The molecule has 0 saturated carbocycles. The highest BCUT2D eigenvalue weighted by molar-refractivity contribution is 5.98. The fraction of sp³-hybridized carbons (Fsp3) is 0.200. The number of rotatable bonds is 2. The summed E-state index contributed by atoms with van der Waals surface area (Å²) in [6, 6.07) is 5.89. The highest BCUT2D eigenvalue weighted by Crippen LogP contribution is 2.49. The molecule has 1 aliphatic heterocycles. The zero-order valence-corrected chi connectivity index (χ0v) is 10.9. The number of hydrogen-bond acceptors (Lipinski definition) is 5. The molecule has 1 saturated heterocycles. The number of carbonyl (C=O) groups is 2. The summed E-state index contributed by atoms with van der Waals surface area (Å²) in [6.45, 7) is 3.69. The average Bonchev–Trinajstić information content (AvgIpc) is 2.72. The Morgan fingerprint density at radius 1 is 1.38 bits per heavy atom. The fourth-order valence-electron chi connectivity index (χ4n) is 2.82. The molecular weight excluding hydrogens is 274 g/mol. The number of ether oxygens (including phenoxy) is 1. The van der Waals surface area contributed by atoms with E-state index in [4.69, 9.17) is 4.74 Å². The molecule has 2 atom stereocenters. The molecule has 0 bridgehead atoms. The molecule has 21 heavy (non-hydrogen) atoms. The third kappa shape index (κ3) is 1.87. The first-order valence-corrected chi connectivity index (χ1v) is 6.33. The molecule has 106 valence electrons. The van der Waals surface area contributed by atoms with Gasteiger partial charge >= 0.3 is 5.97 Å². The molecule has 2 aliphatic rings. The van der Waals surface area contributed by atoms with Crippen LogP contribution < -0.4 is 0 Å². The number of fused-ring (bicyclic) bond motifs is 1. The van der Waals surface area contributed by atoms with Gasteiger partial charge in [-0.25, -0.2) is 4.79 Å². The molecule has 6 nitrogen and oxygen atoms in total. The molecule has 1 aliphatic carbocycles. The summed E-state index contributed by atoms with van der Waals surface area (Å²) >= 11 is 0. The van der Waals surface area contributed by atoms with Crippen LogP contribution in [-0.2, 0) is 19.9 Å². The third-order valence-electron chi connectivity index (χ3n) is 3.89. The van der Waals surface area contributed by atoms with Crippen LogP contribution in [-0.4, -0.2) is 16.7 Å². The van der Waals surface area contributed by atoms with Gasteiger partial charge in [-0.05, 0) is 12.2 Å². The molecule has 1 fully saturated rings. The minimum Gasteiger partial charge on any atom is -0.446 e. The highest BCUT2D eigenvalue weighted by Gasteiger charge is 2.53. The van der Waals surface area contributed by atoms with E-state index in [9.17, 15) is 19.7 Å². The largest absolute Gasteiger partial charge is 0.446 e. The lowest BCUT2D eigenvalue weighted by molar-refractivity contribution is -0.385. The van der Waals surface area contributed by atoms with Crippen LogP contribution in [0.15, 0.2) is 48.6 Å². The van der Waals surface area contributed by atoms with Crippen molar-refractivity contribution in [3.05, 3.63) is 64.2 Å². The van der Waals surface area contributed by atoms with Gasteiger partial charge in [0.2, 0.25) is 0 Å². The average molecular weight is 285 g/mol. The second kappa shape index (κ2) is 4.37. The standard InChI is InChI=1S/C15H11NO5/c1-9-13-8-12(17)5-6-15(13,21-14(9)18)10-3-2-4-11(7-10)16(19)20/h2-7,13H,1,8H2/t13-,15+/m0/s1. The van der Waals surface area contributed by atoms with E-state index < -0.39 is 22.4 Å². The Balaban J connectivity index is 2.17. The summed E-state index contributed by atoms with van der Waals surface area (Å²) in [5, 5.41) is 10.9. The lowest BCUT2D eigenvalue weighted by Gasteiger charge is -2.32. The van der Waals surface area contributed by atoms with E-state index in [0.29, 0.717) is 5.56 Å². The van der Waals surface area contributed by atoms with Gasteiger partial charge in [0.15, 0.2) is 11.4 Å². The van der Waals surface area contributed by atoms with Crippen LogP contribution in [0.5, 0.6) is 0 Å². The number of ketones is 1. The summed E-state index contributed by atoms with van der Waals surface area (Å²) in [5.74, 6) is -1.23. The predicted octanol–water partition coefficient (Wildman–Crippen LogP) is 2.05. The lowest BCUT2D eigenvalue weighted by atomic mass is 9.73. The SMILES string of the molecule is C=C1C(=O)O[C@@]2(c3cccc([N+](=O)[O-])c3)C=CC(=O)C[C@@H]12. The number of nitro benzene ring substituents is 1. The highest BCUT2D eigenvalue weighted by atomic mass is 16.6. The smallest absolute Gasteiger partial charge is 0.335 e. The van der Waals surface area contributed by atoms with Gasteiger partial charge in [0, 0.05) is 35.6 Å². The molecule has 6 heteroatoms. The van der Waals surface area contributed by atoms with Gasteiger partial charge in [0.25, 0.3) is 5.69 Å². The van der Waals surface area contributed by atoms with Crippen LogP contribution in [0.25, 0.3) is 0 Å². The van der Waals surface area contributed by atoms with Gasteiger partial charge in [-0.15, -0.1) is 0 Å². The van der Waals surface area contributed by atoms with E-state index in [1.54, 1.807) is 6.07 Å². The van der Waals surface area contributed by atoms with Gasteiger partial charge < -0.3 is 4.74 Å². The Labute approximate surface area is 119 Å². The summed E-state index contributed by atoms with van der Waals surface area (Å²) in [7, 11) is 0. The lowest BCUT2D eigenvalue weighted by Crippen LogP contribution is -2.35. The number of esters is 1. The number of nitro groups is 1. The van der Waals surface area contributed by atoms with Crippen molar-refractivity contribution in [1.29, 1.82) is 0 Å². The molecule has 1 aromatic carbocycles. The van der Waals surface area contributed by atoms with Crippen molar-refractivity contribution in [3.63, 3.8) is 0 Å². The first-order chi connectivity index (χ1) is 9.94. The molecular formula is C15H11NO5. The van der Waals surface area contributed by atoms with Crippen molar-refractivity contribution in [2.75, 3.05) is 0 Å². The Morgan fingerprint density at radius 3 is 2.86 bits per heavy atom. The van der Waals surface area contributed by atoms with Gasteiger partial charge in [0.05, 0.1) is 4.92 Å². The van der Waals surface area contributed by atoms with Crippen molar-refractivity contribution in [2.24, 2.45) is 5.92 Å². The van der Waals surface area contributed by atoms with E-state index in [1.807, 2.05) is 0 Å². The van der Waals surface area contributed by atoms with Crippen LogP contribution >= 0.6 is 0 Å². The third-order valence-corrected chi connectivity index (χ3v) is 3.89. The summed E-state index contributed by atoms with van der Waals surface area (Å²) in [4.78, 5) is 33.8. The number of hydrogen-bond donors (Lipinski definition) is 0. The normalized spacial score (nSPS) is 27.4. The van der Waals surface area contributed by atoms with Gasteiger partial charge in [-0.2, -0.15) is 0 Å². The van der Waals surface area contributed by atoms with Gasteiger partial charge in [-0.1, -0.05) is 18.7 Å². The van der Waals surface area contributed by atoms with Crippen LogP contribution in [0.4, 0.5) is 5.69 Å². The van der Waals surface area contributed by atoms with E-state index in [2.05, 4.69) is 6.58 Å². The van der Waals surface area contributed by atoms with Crippen molar-refractivity contribution in [2.45, 2.75) is 12.0 Å². The maximum atomic E-state index is 11.8. The molecule has 0 radical (unpaired) electrons. The van der Waals surface area contributed by atoms with E-state index in [-0.39, 0.29) is 23.5 Å². The summed E-state index contributed by atoms with van der Waals surface area (Å²) in [5.41, 5.74) is -0.579. The first kappa shape index (κ1) is 13.2. The molecule has 0 amide bonds. The van der Waals surface area contributed by atoms with Crippen molar-refractivity contribution in [1.82, 2.24) is 0 Å². The molecule has 3 rings (SSSR count). The Hall–Kier alpha value is -2.76. The number of benzene rings is 1. The Kier molecular flexibility index (Phi) is 2.76. The second-order valence-corrected chi connectivity index (χ2v) is 5.07.